The van der Waals surface area contributed by atoms with E-state index >= 15 is 0 Å². The summed E-state index contributed by atoms with van der Waals surface area (Å²) >= 11 is 0. The smallest absolute Gasteiger partial charge is 0.271 e. The van der Waals surface area contributed by atoms with Crippen molar-refractivity contribution < 1.29 is 18.1 Å². The third kappa shape index (κ3) is 4.40. The Hall–Kier alpha value is -1.67. The average molecular weight is 316 g/mol. The second-order valence-corrected chi connectivity index (χ2v) is 6.36. The van der Waals surface area contributed by atoms with Crippen molar-refractivity contribution >= 4 is 15.7 Å². The zero-order valence-corrected chi connectivity index (χ0v) is 13.1. The van der Waals surface area contributed by atoms with Gasteiger partial charge in [0.15, 0.2) is 0 Å². The predicted octanol–water partition coefficient (Wildman–Crippen LogP) is 2.32. The number of sulfonamides is 1. The summed E-state index contributed by atoms with van der Waals surface area (Å²) in [5.41, 5.74) is -0.293. The van der Waals surface area contributed by atoms with Crippen molar-refractivity contribution in [2.75, 3.05) is 13.7 Å². The Kier molecular flexibility index (Phi) is 6.10. The lowest BCUT2D eigenvalue weighted by Crippen LogP contribution is -2.29. The molecule has 0 aliphatic carbocycles. The molecule has 0 aromatic heterocycles. The number of nitrogens with zero attached hydrogens (tertiary/aromatic N) is 1. The molecule has 8 heteroatoms. The zero-order chi connectivity index (χ0) is 16.0. The van der Waals surface area contributed by atoms with Gasteiger partial charge in [-0.05, 0) is 12.0 Å². The second kappa shape index (κ2) is 7.37. The Labute approximate surface area is 124 Å². The van der Waals surface area contributed by atoms with E-state index in [0.29, 0.717) is 6.54 Å². The summed E-state index contributed by atoms with van der Waals surface area (Å²) in [4.78, 5) is 9.93. The standard InChI is InChI=1S/C13H20N2O5S/c1-4-10(5-2)9-14-21(18,19)13-8-11(15(16)17)6-7-12(13)20-3/h6-8,10,14H,4-5,9H2,1-3H3. The minimum absolute atomic E-state index is 0.0812. The summed E-state index contributed by atoms with van der Waals surface area (Å²) in [5, 5.41) is 10.8. The normalized spacial score (nSPS) is 11.6. The molecule has 0 spiro atoms. The molecule has 1 aromatic carbocycles. The number of hydrogen-bond acceptors (Lipinski definition) is 5. The molecule has 1 rings (SSSR count). The van der Waals surface area contributed by atoms with Gasteiger partial charge in [-0.1, -0.05) is 26.7 Å². The topological polar surface area (TPSA) is 98.5 Å². The fraction of sp³-hybridized carbons (Fsp3) is 0.538. The van der Waals surface area contributed by atoms with Gasteiger partial charge in [0.2, 0.25) is 10.0 Å². The molecule has 118 valence electrons. The van der Waals surface area contributed by atoms with E-state index in [1.54, 1.807) is 0 Å². The van der Waals surface area contributed by atoms with Crippen molar-refractivity contribution in [3.63, 3.8) is 0 Å². The maximum atomic E-state index is 12.3. The van der Waals surface area contributed by atoms with Gasteiger partial charge < -0.3 is 4.74 Å². The lowest BCUT2D eigenvalue weighted by atomic mass is 10.0. The Morgan fingerprint density at radius 2 is 1.95 bits per heavy atom. The molecule has 0 bridgehead atoms. The Morgan fingerprint density at radius 3 is 2.43 bits per heavy atom. The van der Waals surface area contributed by atoms with E-state index in [-0.39, 0.29) is 22.3 Å². The second-order valence-electron chi connectivity index (χ2n) is 4.63. The highest BCUT2D eigenvalue weighted by Gasteiger charge is 2.23. The van der Waals surface area contributed by atoms with Crippen molar-refractivity contribution in [1.29, 1.82) is 0 Å². The predicted molar refractivity (Wildman–Crippen MR) is 78.9 cm³/mol. The molecule has 0 unspecified atom stereocenters. The van der Waals surface area contributed by atoms with Crippen molar-refractivity contribution in [2.24, 2.45) is 5.92 Å². The van der Waals surface area contributed by atoms with E-state index in [1.807, 2.05) is 13.8 Å². The molecule has 0 fully saturated rings. The van der Waals surface area contributed by atoms with E-state index in [1.165, 1.54) is 19.2 Å². The fourth-order valence-corrected chi connectivity index (χ4v) is 3.17. The number of ether oxygens (including phenoxy) is 1. The van der Waals surface area contributed by atoms with Crippen LogP contribution >= 0.6 is 0 Å². The van der Waals surface area contributed by atoms with Crippen LogP contribution in [-0.2, 0) is 10.0 Å². The Bertz CT molecular complexity index is 597. The van der Waals surface area contributed by atoms with Crippen LogP contribution in [0.4, 0.5) is 5.69 Å². The number of rotatable bonds is 8. The van der Waals surface area contributed by atoms with Crippen molar-refractivity contribution in [2.45, 2.75) is 31.6 Å². The molecule has 0 aliphatic rings. The lowest BCUT2D eigenvalue weighted by molar-refractivity contribution is -0.385. The highest BCUT2D eigenvalue weighted by atomic mass is 32.2. The Balaban J connectivity index is 3.11. The number of non-ortho nitro benzene ring substituents is 1. The zero-order valence-electron chi connectivity index (χ0n) is 12.3. The van der Waals surface area contributed by atoms with Crippen molar-refractivity contribution in [3.05, 3.63) is 28.3 Å². The minimum atomic E-state index is -3.85. The molecule has 0 radical (unpaired) electrons. The fourth-order valence-electron chi connectivity index (χ4n) is 1.87. The van der Waals surface area contributed by atoms with Crippen LogP contribution in [0, 0.1) is 16.0 Å². The lowest BCUT2D eigenvalue weighted by Gasteiger charge is -2.15. The summed E-state index contributed by atoms with van der Waals surface area (Å²) < 4.78 is 32.1. The average Bonchev–Trinajstić information content (AvgIpc) is 2.47. The molecule has 0 saturated carbocycles. The van der Waals surface area contributed by atoms with E-state index in [9.17, 15) is 18.5 Å². The third-order valence-electron chi connectivity index (χ3n) is 3.36. The SMILES string of the molecule is CCC(CC)CNS(=O)(=O)c1cc([N+](=O)[O-])ccc1OC. The maximum Gasteiger partial charge on any atom is 0.271 e. The third-order valence-corrected chi connectivity index (χ3v) is 4.81. The van der Waals surface area contributed by atoms with Gasteiger partial charge in [-0.2, -0.15) is 0 Å². The molecular formula is C13H20N2O5S. The van der Waals surface area contributed by atoms with Crippen LogP contribution in [-0.4, -0.2) is 27.0 Å². The van der Waals surface area contributed by atoms with Gasteiger partial charge in [0.05, 0.1) is 12.0 Å². The number of nitrogens with one attached hydrogen (secondary N) is 1. The van der Waals surface area contributed by atoms with E-state index in [4.69, 9.17) is 4.74 Å². The molecule has 7 nitrogen and oxygen atoms in total. The molecule has 1 N–H and O–H groups in total. The monoisotopic (exact) mass is 316 g/mol. The molecular weight excluding hydrogens is 296 g/mol. The number of nitro benzene ring substituents is 1. The molecule has 0 amide bonds. The largest absolute Gasteiger partial charge is 0.495 e. The van der Waals surface area contributed by atoms with E-state index in [2.05, 4.69) is 4.72 Å². The minimum Gasteiger partial charge on any atom is -0.495 e. The number of benzene rings is 1. The van der Waals surface area contributed by atoms with Crippen LogP contribution in [0.3, 0.4) is 0 Å². The summed E-state index contributed by atoms with van der Waals surface area (Å²) in [6.07, 6.45) is 1.70. The van der Waals surface area contributed by atoms with Crippen LogP contribution in [0.5, 0.6) is 5.75 Å². The molecule has 0 atom stereocenters. The first-order valence-electron chi connectivity index (χ1n) is 6.67. The molecule has 21 heavy (non-hydrogen) atoms. The highest BCUT2D eigenvalue weighted by molar-refractivity contribution is 7.89. The Morgan fingerprint density at radius 1 is 1.33 bits per heavy atom. The molecule has 0 aliphatic heterocycles. The summed E-state index contributed by atoms with van der Waals surface area (Å²) in [6.45, 7) is 4.26. The number of hydrogen-bond donors (Lipinski definition) is 1. The van der Waals surface area contributed by atoms with Gasteiger partial charge in [0.1, 0.15) is 10.6 Å². The van der Waals surface area contributed by atoms with E-state index in [0.717, 1.165) is 18.9 Å². The van der Waals surface area contributed by atoms with E-state index < -0.39 is 14.9 Å². The molecule has 0 saturated heterocycles. The first kappa shape index (κ1) is 17.4. The highest BCUT2D eigenvalue weighted by Crippen LogP contribution is 2.28. The quantitative estimate of drug-likeness (QED) is 0.586. The summed E-state index contributed by atoms with van der Waals surface area (Å²) in [6, 6.07) is 3.50. The van der Waals surface area contributed by atoms with Crippen molar-refractivity contribution in [3.8, 4) is 5.75 Å². The summed E-state index contributed by atoms with van der Waals surface area (Å²) in [5.74, 6) is 0.308. The van der Waals surface area contributed by atoms with Gasteiger partial charge in [-0.25, -0.2) is 13.1 Å². The van der Waals surface area contributed by atoms with Crippen molar-refractivity contribution in [1.82, 2.24) is 4.72 Å². The summed E-state index contributed by atoms with van der Waals surface area (Å²) in [7, 11) is -2.53. The van der Waals surface area contributed by atoms with Crippen LogP contribution in [0.25, 0.3) is 0 Å². The maximum absolute atomic E-state index is 12.3. The van der Waals surface area contributed by atoms with Crippen LogP contribution in [0.15, 0.2) is 23.1 Å². The number of nitro groups is 1. The van der Waals surface area contributed by atoms with Gasteiger partial charge in [0.25, 0.3) is 5.69 Å². The van der Waals surface area contributed by atoms with Crippen LogP contribution < -0.4 is 9.46 Å². The number of methoxy groups -OCH3 is 1. The molecule has 0 heterocycles. The van der Waals surface area contributed by atoms with Gasteiger partial charge in [0, 0.05) is 18.7 Å². The van der Waals surface area contributed by atoms with Crippen LogP contribution in [0.2, 0.25) is 0 Å². The van der Waals surface area contributed by atoms with Gasteiger partial charge in [-0.15, -0.1) is 0 Å². The van der Waals surface area contributed by atoms with Gasteiger partial charge in [-0.3, -0.25) is 10.1 Å². The van der Waals surface area contributed by atoms with Gasteiger partial charge >= 0.3 is 0 Å². The molecule has 1 aromatic rings. The first-order chi connectivity index (χ1) is 9.85. The first-order valence-corrected chi connectivity index (χ1v) is 8.16. The van der Waals surface area contributed by atoms with Crippen LogP contribution in [0.1, 0.15) is 26.7 Å².